The number of carbonyl (C=O) groups is 1. The highest BCUT2D eigenvalue weighted by atomic mass is 19.1. The van der Waals surface area contributed by atoms with E-state index in [1.54, 1.807) is 18.2 Å². The quantitative estimate of drug-likeness (QED) is 0.928. The Balaban J connectivity index is 1.81. The van der Waals surface area contributed by atoms with Crippen LogP contribution in [0.4, 0.5) is 4.39 Å². The third-order valence-electron chi connectivity index (χ3n) is 4.38. The molecule has 0 aromatic heterocycles. The lowest BCUT2D eigenvalue weighted by Crippen LogP contribution is -2.46. The molecule has 2 aromatic rings. The zero-order chi connectivity index (χ0) is 17.8. The van der Waals surface area contributed by atoms with Gasteiger partial charge < -0.3 is 15.1 Å². The highest BCUT2D eigenvalue weighted by Crippen LogP contribution is 2.25. The van der Waals surface area contributed by atoms with Crippen LogP contribution in [0.25, 0.3) is 11.1 Å². The minimum Gasteiger partial charge on any atom is -0.336 e. The first kappa shape index (κ1) is 17.6. The summed E-state index contributed by atoms with van der Waals surface area (Å²) in [4.78, 5) is 16.4. The van der Waals surface area contributed by atoms with Crippen molar-refractivity contribution in [3.05, 3.63) is 59.4 Å². The van der Waals surface area contributed by atoms with Crippen LogP contribution >= 0.6 is 0 Å². The molecule has 0 atom stereocenters. The maximum absolute atomic E-state index is 14.2. The number of nitrogens with zero attached hydrogens (tertiary/aromatic N) is 2. The number of benzene rings is 2. The zero-order valence-corrected chi connectivity index (χ0v) is 14.8. The van der Waals surface area contributed by atoms with Gasteiger partial charge in [0.2, 0.25) is 0 Å². The van der Waals surface area contributed by atoms with E-state index in [4.69, 9.17) is 0 Å². The molecule has 0 bridgehead atoms. The van der Waals surface area contributed by atoms with Gasteiger partial charge in [0.25, 0.3) is 5.91 Å². The molecule has 25 heavy (non-hydrogen) atoms. The number of hydrogen-bond acceptors (Lipinski definition) is 3. The van der Waals surface area contributed by atoms with Crippen molar-refractivity contribution in [1.29, 1.82) is 0 Å². The number of piperazine rings is 1. The molecule has 1 saturated heterocycles. The van der Waals surface area contributed by atoms with Crippen molar-refractivity contribution in [2.24, 2.45) is 0 Å². The molecule has 1 amide bonds. The van der Waals surface area contributed by atoms with Gasteiger partial charge in [0.15, 0.2) is 0 Å². The van der Waals surface area contributed by atoms with Crippen LogP contribution in [0.3, 0.4) is 0 Å². The summed E-state index contributed by atoms with van der Waals surface area (Å²) in [5.41, 5.74) is 3.06. The molecule has 0 radical (unpaired) electrons. The number of hydrogen-bond donors (Lipinski definition) is 1. The molecule has 0 spiro atoms. The molecule has 132 valence electrons. The van der Waals surface area contributed by atoms with E-state index >= 15 is 0 Å². The normalized spacial score (nSPS) is 14.8. The summed E-state index contributed by atoms with van der Waals surface area (Å²) in [6, 6.07) is 12.4. The molecule has 1 aliphatic heterocycles. The predicted molar refractivity (Wildman–Crippen MR) is 98.0 cm³/mol. The van der Waals surface area contributed by atoms with E-state index in [-0.39, 0.29) is 11.7 Å². The molecule has 2 aromatic carbocycles. The highest BCUT2D eigenvalue weighted by Gasteiger charge is 2.18. The van der Waals surface area contributed by atoms with Crippen molar-refractivity contribution in [1.82, 2.24) is 15.1 Å². The molecule has 3 rings (SSSR count). The smallest absolute Gasteiger partial charge is 0.253 e. The molecule has 0 unspecified atom stereocenters. The monoisotopic (exact) mass is 341 g/mol. The Kier molecular flexibility index (Phi) is 5.46. The molecule has 0 aliphatic carbocycles. The van der Waals surface area contributed by atoms with Gasteiger partial charge in [-0.3, -0.25) is 4.79 Å². The van der Waals surface area contributed by atoms with Crippen LogP contribution < -0.4 is 5.32 Å². The first-order valence-corrected chi connectivity index (χ1v) is 8.58. The molecule has 4 nitrogen and oxygen atoms in total. The number of carbonyl (C=O) groups excluding carboxylic acids is 1. The summed E-state index contributed by atoms with van der Waals surface area (Å²) in [5.74, 6) is -0.210. The molecule has 1 fully saturated rings. The van der Waals surface area contributed by atoms with Crippen LogP contribution in [0.1, 0.15) is 15.9 Å². The van der Waals surface area contributed by atoms with Crippen LogP contribution in [0.2, 0.25) is 0 Å². The molecule has 5 heteroatoms. The number of halogens is 1. The Morgan fingerprint density at radius 1 is 1.12 bits per heavy atom. The van der Waals surface area contributed by atoms with Crippen LogP contribution in [-0.2, 0) is 6.54 Å². The average Bonchev–Trinajstić information content (AvgIpc) is 2.63. The summed E-state index contributed by atoms with van der Waals surface area (Å²) >= 11 is 0. The fourth-order valence-corrected chi connectivity index (χ4v) is 3.10. The van der Waals surface area contributed by atoms with Crippen LogP contribution in [0, 0.1) is 5.82 Å². The van der Waals surface area contributed by atoms with E-state index in [9.17, 15) is 9.18 Å². The van der Waals surface area contributed by atoms with Crippen molar-refractivity contribution < 1.29 is 9.18 Å². The third-order valence-corrected chi connectivity index (χ3v) is 4.38. The lowest BCUT2D eigenvalue weighted by Gasteiger charge is -2.27. The molecule has 1 aliphatic rings. The Labute approximate surface area is 148 Å². The van der Waals surface area contributed by atoms with Crippen molar-refractivity contribution in [2.75, 3.05) is 40.3 Å². The van der Waals surface area contributed by atoms with Gasteiger partial charge in [-0.25, -0.2) is 4.39 Å². The van der Waals surface area contributed by atoms with Gasteiger partial charge in [-0.2, -0.15) is 0 Å². The second kappa shape index (κ2) is 7.76. The van der Waals surface area contributed by atoms with E-state index in [1.807, 2.05) is 42.1 Å². The number of amides is 1. The minimum absolute atomic E-state index is 0.0369. The SMILES string of the molecule is CN(C)Cc1ccc(F)c(-c2ccc(C(=O)N3CCNCC3)cc2)c1. The fourth-order valence-electron chi connectivity index (χ4n) is 3.10. The summed E-state index contributed by atoms with van der Waals surface area (Å²) < 4.78 is 14.2. The Morgan fingerprint density at radius 3 is 2.44 bits per heavy atom. The lowest BCUT2D eigenvalue weighted by atomic mass is 10.0. The molecular formula is C20H24FN3O. The third kappa shape index (κ3) is 4.24. The summed E-state index contributed by atoms with van der Waals surface area (Å²) in [7, 11) is 3.97. The number of nitrogens with one attached hydrogen (secondary N) is 1. The predicted octanol–water partition coefficient (Wildman–Crippen LogP) is 2.60. The van der Waals surface area contributed by atoms with Crippen molar-refractivity contribution in [3.8, 4) is 11.1 Å². The highest BCUT2D eigenvalue weighted by molar-refractivity contribution is 5.94. The van der Waals surface area contributed by atoms with Gasteiger partial charge in [0.1, 0.15) is 5.82 Å². The summed E-state index contributed by atoms with van der Waals surface area (Å²) in [6.45, 7) is 3.86. The van der Waals surface area contributed by atoms with E-state index in [0.717, 1.165) is 43.9 Å². The maximum atomic E-state index is 14.2. The van der Waals surface area contributed by atoms with Crippen molar-refractivity contribution in [3.63, 3.8) is 0 Å². The maximum Gasteiger partial charge on any atom is 0.253 e. The fraction of sp³-hybridized carbons (Fsp3) is 0.350. The lowest BCUT2D eigenvalue weighted by molar-refractivity contribution is 0.0736. The first-order chi connectivity index (χ1) is 12.0. The van der Waals surface area contributed by atoms with E-state index in [0.29, 0.717) is 11.1 Å². The van der Waals surface area contributed by atoms with E-state index < -0.39 is 0 Å². The number of rotatable bonds is 4. The molecule has 0 saturated carbocycles. The van der Waals surface area contributed by atoms with E-state index in [2.05, 4.69) is 5.32 Å². The summed E-state index contributed by atoms with van der Waals surface area (Å²) in [5, 5.41) is 3.24. The Bertz CT molecular complexity index is 737. The second-order valence-electron chi connectivity index (χ2n) is 6.67. The first-order valence-electron chi connectivity index (χ1n) is 8.58. The van der Waals surface area contributed by atoms with Gasteiger partial charge >= 0.3 is 0 Å². The van der Waals surface area contributed by atoms with Crippen molar-refractivity contribution >= 4 is 5.91 Å². The van der Waals surface area contributed by atoms with E-state index in [1.165, 1.54) is 6.07 Å². The average molecular weight is 341 g/mol. The summed E-state index contributed by atoms with van der Waals surface area (Å²) in [6.07, 6.45) is 0. The molecule has 1 heterocycles. The van der Waals surface area contributed by atoms with Gasteiger partial charge in [0, 0.05) is 43.9 Å². The van der Waals surface area contributed by atoms with Gasteiger partial charge in [-0.15, -0.1) is 0 Å². The molecule has 1 N–H and O–H groups in total. The zero-order valence-electron chi connectivity index (χ0n) is 14.8. The Morgan fingerprint density at radius 2 is 1.80 bits per heavy atom. The van der Waals surface area contributed by atoms with Crippen LogP contribution in [-0.4, -0.2) is 56.0 Å². The molecular weight excluding hydrogens is 317 g/mol. The van der Waals surface area contributed by atoms with Gasteiger partial charge in [0.05, 0.1) is 0 Å². The second-order valence-corrected chi connectivity index (χ2v) is 6.67. The largest absolute Gasteiger partial charge is 0.336 e. The standard InChI is InChI=1S/C20H24FN3O/c1-23(2)14-15-3-8-19(21)18(13-15)16-4-6-17(7-5-16)20(25)24-11-9-22-10-12-24/h3-8,13,22H,9-12,14H2,1-2H3. The topological polar surface area (TPSA) is 35.6 Å². The van der Waals surface area contributed by atoms with Crippen LogP contribution in [0.15, 0.2) is 42.5 Å². The Hall–Kier alpha value is -2.24. The minimum atomic E-state index is -0.247. The van der Waals surface area contributed by atoms with Crippen molar-refractivity contribution in [2.45, 2.75) is 6.54 Å². The van der Waals surface area contributed by atoms with Gasteiger partial charge in [-0.1, -0.05) is 18.2 Å². The van der Waals surface area contributed by atoms with Gasteiger partial charge in [-0.05, 0) is 49.5 Å². The van der Waals surface area contributed by atoms with Crippen LogP contribution in [0.5, 0.6) is 0 Å².